The maximum atomic E-state index is 5.38. The lowest BCUT2D eigenvalue weighted by molar-refractivity contribution is 0.155. The van der Waals surface area contributed by atoms with Crippen molar-refractivity contribution in [3.8, 4) is 0 Å². The first-order valence-corrected chi connectivity index (χ1v) is 6.38. The van der Waals surface area contributed by atoms with Crippen LogP contribution >= 0.6 is 58.6 Å². The van der Waals surface area contributed by atoms with Crippen molar-refractivity contribution in [3.63, 3.8) is 0 Å². The molecule has 6 heteroatoms. The van der Waals surface area contributed by atoms with Gasteiger partial charge in [-0.3, -0.25) is 0 Å². The van der Waals surface area contributed by atoms with Gasteiger partial charge in [-0.05, 0) is 12.2 Å². The molecule has 0 radical (unpaired) electrons. The molecule has 4 atom stereocenters. The van der Waals surface area contributed by atoms with Gasteiger partial charge in [0.1, 0.15) is 59.3 Å². The van der Waals surface area contributed by atoms with Crippen LogP contribution in [0, 0.1) is 5.92 Å². The van der Waals surface area contributed by atoms with Crippen molar-refractivity contribution in [2.45, 2.75) is 23.8 Å². The Hall–Kier alpha value is 1.53. The highest BCUT2D eigenvalue weighted by atomic mass is 127. The third kappa shape index (κ3) is 3.55. The minimum Gasteiger partial charge on any atom is -0.312 e. The second kappa shape index (κ2) is 6.19. The van der Waals surface area contributed by atoms with Gasteiger partial charge >= 0.3 is 0 Å². The molecule has 13 heavy (non-hydrogen) atoms. The van der Waals surface area contributed by atoms with Crippen LogP contribution in [0.25, 0.3) is 0 Å². The number of halogens is 2. The third-order valence-corrected chi connectivity index (χ3v) is 4.28. The average Bonchev–Trinajstić information content (AvgIpc) is 2.16. The fourth-order valence-corrected chi connectivity index (χ4v) is 2.65. The Morgan fingerprint density at radius 1 is 1.46 bits per heavy atom. The van der Waals surface area contributed by atoms with Crippen LogP contribution in [0.1, 0.15) is 6.42 Å². The van der Waals surface area contributed by atoms with E-state index in [0.717, 1.165) is 6.42 Å². The summed E-state index contributed by atoms with van der Waals surface area (Å²) in [5, 5.41) is 0. The summed E-state index contributed by atoms with van der Waals surface area (Å²) in [6.45, 7) is 0. The van der Waals surface area contributed by atoms with E-state index in [2.05, 4.69) is 32.6 Å². The topological polar surface area (TPSA) is 18.5 Å². The van der Waals surface area contributed by atoms with E-state index in [4.69, 9.17) is 6.13 Å². The number of allylic oxidation sites excluding steroid dienone is 1. The molecule has 0 N–H and O–H groups in total. The van der Waals surface area contributed by atoms with Crippen LogP contribution in [-0.2, 0) is 6.13 Å². The Kier molecular flexibility index (Phi) is 6.00. The summed E-state index contributed by atoms with van der Waals surface area (Å²) < 4.78 is 10.5. The van der Waals surface area contributed by atoms with Gasteiger partial charge in [-0.1, -0.05) is 12.2 Å². The molecule has 0 bridgehead atoms. The van der Waals surface area contributed by atoms with E-state index in [-0.39, 0.29) is 17.5 Å². The van der Waals surface area contributed by atoms with E-state index in [1.807, 2.05) is 46.0 Å². The van der Waals surface area contributed by atoms with Gasteiger partial charge in [0.2, 0.25) is 0 Å². The van der Waals surface area contributed by atoms with Crippen LogP contribution in [0.15, 0.2) is 12.2 Å². The molecular formula is C7H11BI2O2S. The van der Waals surface area contributed by atoms with Crippen molar-refractivity contribution >= 4 is 66.5 Å². The van der Waals surface area contributed by atoms with Crippen LogP contribution in [-0.4, -0.2) is 19.4 Å². The van der Waals surface area contributed by atoms with Crippen molar-refractivity contribution < 1.29 is 6.13 Å². The van der Waals surface area contributed by atoms with Crippen molar-refractivity contribution in [2.75, 3.05) is 0 Å². The van der Waals surface area contributed by atoms with E-state index >= 15 is 0 Å². The zero-order valence-corrected chi connectivity index (χ0v) is 12.4. The number of rotatable bonds is 3. The minimum atomic E-state index is -0.0795. The molecular weight excluding hydrogens is 413 g/mol. The average molecular weight is 424 g/mol. The zero-order valence-electron chi connectivity index (χ0n) is 7.19. The number of thiol groups is 1. The first kappa shape index (κ1) is 12.6. The van der Waals surface area contributed by atoms with Gasteiger partial charge in [0, 0.05) is 5.92 Å². The molecule has 0 amide bonds. The maximum absolute atomic E-state index is 5.38. The molecule has 0 heterocycles. The second-order valence-electron chi connectivity index (χ2n) is 3.28. The van der Waals surface area contributed by atoms with E-state index in [1.54, 1.807) is 0 Å². The van der Waals surface area contributed by atoms with E-state index in [0.29, 0.717) is 5.82 Å². The maximum Gasteiger partial charge on any atom is 0.121 e. The second-order valence-corrected chi connectivity index (χ2v) is 4.81. The van der Waals surface area contributed by atoms with Crippen LogP contribution < -0.4 is 0 Å². The van der Waals surface area contributed by atoms with E-state index in [9.17, 15) is 0 Å². The summed E-state index contributed by atoms with van der Waals surface area (Å²) in [5.74, 6) is 0.846. The molecule has 0 aromatic heterocycles. The fourth-order valence-electron chi connectivity index (χ4n) is 1.48. The van der Waals surface area contributed by atoms with Gasteiger partial charge < -0.3 is 6.13 Å². The molecule has 74 valence electrons. The highest BCUT2D eigenvalue weighted by Crippen LogP contribution is 2.33. The monoisotopic (exact) mass is 424 g/mol. The molecule has 0 saturated carbocycles. The van der Waals surface area contributed by atoms with Gasteiger partial charge in [-0.15, -0.1) is 12.6 Å². The lowest BCUT2D eigenvalue weighted by atomic mass is 9.75. The fraction of sp³-hybridized carbons (Fsp3) is 0.714. The lowest BCUT2D eigenvalue weighted by Crippen LogP contribution is -2.31. The molecule has 0 spiro atoms. The van der Waals surface area contributed by atoms with Crippen LogP contribution in [0.4, 0.5) is 0 Å². The molecule has 4 unspecified atom stereocenters. The standard InChI is InChI=1S/C7H11BI2O2S/c8-4-1-2-5(7(13)12-10)6(3-4)11-9/h1-2,4-7,13H,3,8H2. The third-order valence-electron chi connectivity index (χ3n) is 2.23. The Labute approximate surface area is 113 Å². The summed E-state index contributed by atoms with van der Waals surface area (Å²) in [6, 6.07) is 0. The van der Waals surface area contributed by atoms with Gasteiger partial charge in [-0.25, -0.2) is 0 Å². The molecule has 1 rings (SSSR count). The lowest BCUT2D eigenvalue weighted by Gasteiger charge is -2.30. The smallest absolute Gasteiger partial charge is 0.121 e. The van der Waals surface area contributed by atoms with Gasteiger partial charge in [0.15, 0.2) is 0 Å². The van der Waals surface area contributed by atoms with Crippen molar-refractivity contribution in [1.82, 2.24) is 0 Å². The summed E-state index contributed by atoms with van der Waals surface area (Å²) in [7, 11) is 2.19. The van der Waals surface area contributed by atoms with Gasteiger partial charge in [0.25, 0.3) is 0 Å². The quantitative estimate of drug-likeness (QED) is 0.247. The number of hydrogen-bond acceptors (Lipinski definition) is 3. The first-order valence-electron chi connectivity index (χ1n) is 4.10. The summed E-state index contributed by atoms with van der Waals surface area (Å²) in [6.07, 6.45) is 5.61. The van der Waals surface area contributed by atoms with Crippen LogP contribution in [0.3, 0.4) is 0 Å². The van der Waals surface area contributed by atoms with Crippen molar-refractivity contribution in [2.24, 2.45) is 5.92 Å². The highest BCUT2D eigenvalue weighted by Gasteiger charge is 2.30. The van der Waals surface area contributed by atoms with Gasteiger partial charge in [0.05, 0.1) is 6.10 Å². The summed E-state index contributed by atoms with van der Waals surface area (Å²) >= 11 is 8.19. The van der Waals surface area contributed by atoms with E-state index < -0.39 is 0 Å². The summed E-state index contributed by atoms with van der Waals surface area (Å²) in [4.78, 5) is 0. The molecule has 0 fully saturated rings. The molecule has 1 aliphatic rings. The normalized spacial score (nSPS) is 36.1. The largest absolute Gasteiger partial charge is 0.312 e. The SMILES string of the molecule is BC1C=CC(C(S)OI)C(OI)C1. The Bertz CT molecular complexity index is 193. The molecule has 2 nitrogen and oxygen atoms in total. The predicted molar refractivity (Wildman–Crippen MR) is 76.3 cm³/mol. The first-order chi connectivity index (χ1) is 6.19. The molecule has 0 aliphatic heterocycles. The van der Waals surface area contributed by atoms with Crippen molar-refractivity contribution in [1.29, 1.82) is 0 Å². The molecule has 1 aliphatic carbocycles. The van der Waals surface area contributed by atoms with E-state index in [1.165, 1.54) is 0 Å². The van der Waals surface area contributed by atoms with Crippen LogP contribution in [0.2, 0.25) is 5.82 Å². The van der Waals surface area contributed by atoms with Crippen LogP contribution in [0.5, 0.6) is 0 Å². The van der Waals surface area contributed by atoms with Crippen molar-refractivity contribution in [3.05, 3.63) is 12.2 Å². The van der Waals surface area contributed by atoms with Gasteiger partial charge in [-0.2, -0.15) is 0 Å². The Morgan fingerprint density at radius 2 is 2.15 bits per heavy atom. The molecule has 0 saturated heterocycles. The minimum absolute atomic E-state index is 0.0795. The predicted octanol–water partition coefficient (Wildman–Crippen LogP) is 2.34. The molecule has 0 aromatic rings. The highest BCUT2D eigenvalue weighted by molar-refractivity contribution is 14.1. The number of hydrogen-bond donors (Lipinski definition) is 1. The Morgan fingerprint density at radius 3 is 2.69 bits per heavy atom. The zero-order chi connectivity index (χ0) is 9.84. The molecule has 0 aromatic carbocycles. The summed E-state index contributed by atoms with van der Waals surface area (Å²) in [5.41, 5.74) is -0.0795. The Balaban J connectivity index is 2.65.